The molecule has 0 aromatic carbocycles. The second-order valence-corrected chi connectivity index (χ2v) is 22.8. The molecule has 75 heavy (non-hydrogen) atoms. The summed E-state index contributed by atoms with van der Waals surface area (Å²) in [6, 6.07) is 13.0. The Morgan fingerprint density at radius 2 is 1.05 bits per heavy atom. The molecule has 0 bridgehead atoms. The molecule has 0 amide bonds. The highest BCUT2D eigenvalue weighted by atomic mass is 35.5. The van der Waals surface area contributed by atoms with Gasteiger partial charge in [-0.05, 0) is 202 Å². The van der Waals surface area contributed by atoms with Gasteiger partial charge in [-0.1, -0.05) is 148 Å². The van der Waals surface area contributed by atoms with Crippen molar-refractivity contribution in [2.45, 2.75) is 153 Å². The van der Waals surface area contributed by atoms with Crippen molar-refractivity contribution in [3.8, 4) is 0 Å². The quantitative estimate of drug-likeness (QED) is 0.165. The molecule has 6 aliphatic carbocycles. The second kappa shape index (κ2) is 25.9. The van der Waals surface area contributed by atoms with E-state index >= 15 is 0 Å². The first-order valence-electron chi connectivity index (χ1n) is 27.5. The maximum Gasteiger partial charge on any atom is 0.0665 e. The summed E-state index contributed by atoms with van der Waals surface area (Å²) < 4.78 is 0. The van der Waals surface area contributed by atoms with Crippen LogP contribution in [0.1, 0.15) is 197 Å². The Morgan fingerprint density at radius 1 is 0.467 bits per heavy atom. The highest BCUT2D eigenvalue weighted by Crippen LogP contribution is 2.39. The van der Waals surface area contributed by atoms with E-state index < -0.39 is 0 Å². The molecule has 0 radical (unpaired) electrons. The van der Waals surface area contributed by atoms with Crippen molar-refractivity contribution in [3.63, 3.8) is 0 Å². The van der Waals surface area contributed by atoms with Crippen LogP contribution in [0.25, 0.3) is 34.9 Å². The van der Waals surface area contributed by atoms with E-state index in [9.17, 15) is 0 Å². The Bertz CT molecular complexity index is 3010. The minimum absolute atomic E-state index is 0.528. The third-order valence-electron chi connectivity index (χ3n) is 15.0. The molecule has 6 nitrogen and oxygen atoms in total. The van der Waals surface area contributed by atoms with E-state index in [0.717, 1.165) is 49.3 Å². The van der Waals surface area contributed by atoms with Gasteiger partial charge in [0.15, 0.2) is 0 Å². The summed E-state index contributed by atoms with van der Waals surface area (Å²) in [5.74, 6) is 3.56. The van der Waals surface area contributed by atoms with Crippen molar-refractivity contribution in [2.75, 3.05) is 0 Å². The maximum absolute atomic E-state index is 6.26. The van der Waals surface area contributed by atoms with E-state index in [-0.39, 0.29) is 0 Å². The first kappa shape index (κ1) is 56.4. The molecule has 0 saturated heterocycles. The number of aryl methyl sites for hydroxylation is 1. The standard InChI is InChI=1S/2C12H15N.C11H12ClN.3C11H13N/c1-8(2)12-6-10-7-13-5-4-11(10)9(12)3;1-8(2)11-7-10-5-4-6-12(10)13-9(11)3;1-7(2)10-5-8-6-13-4-3-9(8)11(10)12;1-8(2)10-5-9-3-4-12-7-11(9)6-10;1-8(2)10-6-9-4-3-5-11(9)12-7-10;1-8(2)11-6-9-4-3-5-10(9)7-12-11/h4-5,7-8H,6H2,1-3H3;4,6-8H,5H2,1-3H3;3-4,6-7H,5H2,1-2H3;3-5,7-8H,6H2,1-2H3;2*3,5-8H,4H2,1-2H3. The molecule has 0 saturated carbocycles. The van der Waals surface area contributed by atoms with Crippen LogP contribution in [0.4, 0.5) is 0 Å². The van der Waals surface area contributed by atoms with Gasteiger partial charge in [0.05, 0.1) is 11.4 Å². The molecule has 0 spiro atoms. The summed E-state index contributed by atoms with van der Waals surface area (Å²) in [6.45, 7) is 30.9. The van der Waals surface area contributed by atoms with Crippen LogP contribution in [0.2, 0.25) is 0 Å². The Balaban J connectivity index is 0.000000131. The minimum atomic E-state index is 0.528. The van der Waals surface area contributed by atoms with Crippen LogP contribution < -0.4 is 0 Å². The lowest BCUT2D eigenvalue weighted by molar-refractivity contribution is 0.751. The predicted octanol–water partition coefficient (Wildman–Crippen LogP) is 17.6. The molecule has 0 unspecified atom stereocenters. The van der Waals surface area contributed by atoms with Gasteiger partial charge in [-0.15, -0.1) is 0 Å². The van der Waals surface area contributed by atoms with E-state index in [2.05, 4.69) is 200 Å². The lowest BCUT2D eigenvalue weighted by Gasteiger charge is -2.11. The Hall–Kier alpha value is -6.37. The summed E-state index contributed by atoms with van der Waals surface area (Å²) in [5, 5.41) is 0.937. The number of fused-ring (bicyclic) bond motifs is 6. The van der Waals surface area contributed by atoms with Crippen molar-refractivity contribution in [1.29, 1.82) is 0 Å². The van der Waals surface area contributed by atoms with Gasteiger partial charge in [0, 0.05) is 66.0 Å². The van der Waals surface area contributed by atoms with Crippen LogP contribution in [0.5, 0.6) is 0 Å². The van der Waals surface area contributed by atoms with Gasteiger partial charge < -0.3 is 0 Å². The minimum Gasteiger partial charge on any atom is -0.264 e. The Labute approximate surface area is 455 Å². The number of rotatable bonds is 6. The molecular weight excluding hydrogens is 936 g/mol. The zero-order valence-electron chi connectivity index (χ0n) is 47.4. The summed E-state index contributed by atoms with van der Waals surface area (Å²) in [7, 11) is 0. The molecule has 0 aliphatic heterocycles. The fourth-order valence-corrected chi connectivity index (χ4v) is 10.6. The number of pyridine rings is 6. The van der Waals surface area contributed by atoms with Gasteiger partial charge >= 0.3 is 0 Å². The summed E-state index contributed by atoms with van der Waals surface area (Å²) in [4.78, 5) is 25.8. The second-order valence-electron chi connectivity index (χ2n) is 22.5. The van der Waals surface area contributed by atoms with Gasteiger partial charge in [-0.3, -0.25) is 29.9 Å². The van der Waals surface area contributed by atoms with Gasteiger partial charge in [0.1, 0.15) is 0 Å². The predicted molar refractivity (Wildman–Crippen MR) is 320 cm³/mol. The molecule has 0 fully saturated rings. The van der Waals surface area contributed by atoms with Gasteiger partial charge in [-0.25, -0.2) is 0 Å². The Kier molecular flexibility index (Phi) is 19.5. The number of aromatic nitrogens is 6. The van der Waals surface area contributed by atoms with Gasteiger partial charge in [0.2, 0.25) is 0 Å². The maximum atomic E-state index is 6.26. The number of hydrogen-bond donors (Lipinski definition) is 0. The number of allylic oxidation sites excluding steroid dienone is 7. The average molecular weight is 1020 g/mol. The summed E-state index contributed by atoms with van der Waals surface area (Å²) in [5.41, 5.74) is 26.8. The van der Waals surface area contributed by atoms with Gasteiger partial charge in [-0.2, -0.15) is 0 Å². The van der Waals surface area contributed by atoms with E-state index in [4.69, 9.17) is 11.6 Å². The lowest BCUT2D eigenvalue weighted by atomic mass is 9.99. The lowest BCUT2D eigenvalue weighted by Crippen LogP contribution is -1.99. The summed E-state index contributed by atoms with van der Waals surface area (Å²) >= 11 is 6.26. The Morgan fingerprint density at radius 3 is 1.65 bits per heavy atom. The van der Waals surface area contributed by atoms with Crippen LogP contribution in [-0.2, 0) is 38.5 Å². The molecule has 6 aromatic rings. The molecular formula is C68H81ClN6. The van der Waals surface area contributed by atoms with Crippen molar-refractivity contribution in [2.24, 2.45) is 17.8 Å². The number of hydrogen-bond acceptors (Lipinski definition) is 6. The molecule has 12 rings (SSSR count). The van der Waals surface area contributed by atoms with E-state index in [1.54, 1.807) is 11.8 Å². The SMILES string of the molecule is CC(C)C1=C(Cl)c2ccncc2C1.CC(C)C1=Cc2ccncc2C1.CC(C)c1cc2c(cn1)C=CC2.CC(C)c1cnc2c(c1)CC=C2.CC1=C(C(C)C)Cc2cnccc21.Cc1nc2c(cc1C(C)C)CC=C2. The molecule has 7 heteroatoms. The van der Waals surface area contributed by atoms with E-state index in [0.29, 0.717) is 35.5 Å². The molecule has 6 aromatic heterocycles. The van der Waals surface area contributed by atoms with Crippen LogP contribution in [0, 0.1) is 24.7 Å². The highest BCUT2D eigenvalue weighted by molar-refractivity contribution is 6.50. The first-order valence-corrected chi connectivity index (χ1v) is 27.8. The molecule has 390 valence electrons. The van der Waals surface area contributed by atoms with Crippen molar-refractivity contribution >= 4 is 46.5 Å². The topological polar surface area (TPSA) is 77.3 Å². The number of halogens is 1. The smallest absolute Gasteiger partial charge is 0.0665 e. The van der Waals surface area contributed by atoms with Crippen LogP contribution in [0.3, 0.4) is 0 Å². The monoisotopic (exact) mass is 1020 g/mol. The zero-order valence-corrected chi connectivity index (χ0v) is 48.1. The van der Waals surface area contributed by atoms with Crippen LogP contribution in [0.15, 0.2) is 121 Å². The summed E-state index contributed by atoms with van der Waals surface area (Å²) in [6.07, 6.45) is 36.9. The molecule has 6 heterocycles. The fraction of sp³-hybridized carbons (Fsp3) is 0.382. The van der Waals surface area contributed by atoms with Crippen molar-refractivity contribution in [1.82, 2.24) is 29.9 Å². The normalized spacial score (nSPS) is 14.5. The molecule has 6 aliphatic rings. The van der Waals surface area contributed by atoms with E-state index in [1.165, 1.54) is 101 Å². The van der Waals surface area contributed by atoms with Crippen molar-refractivity contribution < 1.29 is 0 Å². The third kappa shape index (κ3) is 14.3. The van der Waals surface area contributed by atoms with Gasteiger partial charge in [0.25, 0.3) is 0 Å². The fourth-order valence-electron chi connectivity index (χ4n) is 10.2. The van der Waals surface area contributed by atoms with Crippen LogP contribution in [-0.4, -0.2) is 29.9 Å². The molecule has 0 N–H and O–H groups in total. The third-order valence-corrected chi connectivity index (χ3v) is 15.4. The first-order chi connectivity index (χ1) is 35.9. The number of nitrogens with zero attached hydrogens (tertiary/aromatic N) is 6. The molecule has 0 atom stereocenters. The van der Waals surface area contributed by atoms with Crippen LogP contribution >= 0.6 is 11.6 Å². The van der Waals surface area contributed by atoms with Crippen molar-refractivity contribution in [3.05, 3.63) is 210 Å². The zero-order chi connectivity index (χ0) is 53.9. The average Bonchev–Trinajstić information content (AvgIpc) is 4.27. The largest absolute Gasteiger partial charge is 0.264 e. The van der Waals surface area contributed by atoms with E-state index in [1.807, 2.05) is 49.4 Å². The highest BCUT2D eigenvalue weighted by Gasteiger charge is 2.22.